The molecule has 2 saturated carbocycles. The molecule has 0 aromatic heterocycles. The van der Waals surface area contributed by atoms with Gasteiger partial charge in [0.1, 0.15) is 0 Å². The Balaban J connectivity index is 1.42. The molecule has 2 aromatic carbocycles. The highest BCUT2D eigenvalue weighted by molar-refractivity contribution is 5.91. The van der Waals surface area contributed by atoms with Gasteiger partial charge in [0.2, 0.25) is 5.91 Å². The molecule has 124 valence electrons. The van der Waals surface area contributed by atoms with Crippen LogP contribution in [0.4, 0.5) is 0 Å². The number of nitrogens with zero attached hydrogens (tertiary/aromatic N) is 1. The molecule has 2 aliphatic rings. The van der Waals surface area contributed by atoms with Crippen LogP contribution in [0.5, 0.6) is 0 Å². The summed E-state index contributed by atoms with van der Waals surface area (Å²) in [4.78, 5) is 12.3. The van der Waals surface area contributed by atoms with E-state index in [4.69, 9.17) is 0 Å². The Morgan fingerprint density at radius 3 is 2.75 bits per heavy atom. The Bertz CT molecular complexity index is 790. The number of amides is 1. The maximum atomic E-state index is 12.3. The fourth-order valence-corrected chi connectivity index (χ4v) is 4.65. The van der Waals surface area contributed by atoms with Gasteiger partial charge in [0.25, 0.3) is 0 Å². The fraction of sp³-hybridized carbons (Fsp3) is 0.429. The molecule has 3 nitrogen and oxygen atoms in total. The van der Waals surface area contributed by atoms with Crippen LogP contribution in [0.1, 0.15) is 38.2 Å². The molecule has 0 heterocycles. The van der Waals surface area contributed by atoms with Gasteiger partial charge in [-0.05, 0) is 54.4 Å². The van der Waals surface area contributed by atoms with Gasteiger partial charge in [0.05, 0.1) is 6.42 Å². The van der Waals surface area contributed by atoms with E-state index in [0.29, 0.717) is 12.3 Å². The van der Waals surface area contributed by atoms with Crippen LogP contribution >= 0.6 is 0 Å². The van der Waals surface area contributed by atoms with Gasteiger partial charge in [-0.3, -0.25) is 4.79 Å². The van der Waals surface area contributed by atoms with Crippen LogP contribution in [-0.2, 0) is 11.2 Å². The van der Waals surface area contributed by atoms with Crippen molar-refractivity contribution >= 4 is 22.4 Å². The van der Waals surface area contributed by atoms with Gasteiger partial charge in [-0.15, -0.1) is 0 Å². The molecule has 2 aliphatic carbocycles. The summed E-state index contributed by atoms with van der Waals surface area (Å²) in [5.41, 5.74) is 4.94. The van der Waals surface area contributed by atoms with Gasteiger partial charge in [-0.1, -0.05) is 48.9 Å². The molecule has 3 unspecified atom stereocenters. The van der Waals surface area contributed by atoms with E-state index < -0.39 is 0 Å². The summed E-state index contributed by atoms with van der Waals surface area (Å²) < 4.78 is 0. The van der Waals surface area contributed by atoms with Crippen molar-refractivity contribution in [2.24, 2.45) is 22.9 Å². The summed E-state index contributed by atoms with van der Waals surface area (Å²) in [6.45, 7) is 2.07. The van der Waals surface area contributed by atoms with Crippen molar-refractivity contribution in [1.29, 1.82) is 0 Å². The maximum absolute atomic E-state index is 12.3. The van der Waals surface area contributed by atoms with E-state index >= 15 is 0 Å². The van der Waals surface area contributed by atoms with Gasteiger partial charge in [0.15, 0.2) is 0 Å². The molecule has 1 amide bonds. The van der Waals surface area contributed by atoms with Crippen molar-refractivity contribution in [3.05, 3.63) is 48.0 Å². The van der Waals surface area contributed by atoms with Crippen LogP contribution < -0.4 is 5.43 Å². The molecule has 0 saturated heterocycles. The van der Waals surface area contributed by atoms with Crippen LogP contribution in [0.15, 0.2) is 47.6 Å². The first-order chi connectivity index (χ1) is 11.7. The third-order valence-corrected chi connectivity index (χ3v) is 5.86. The lowest BCUT2D eigenvalue weighted by molar-refractivity contribution is -0.120. The average molecular weight is 320 g/mol. The Hall–Kier alpha value is -2.16. The maximum Gasteiger partial charge on any atom is 0.244 e. The van der Waals surface area contributed by atoms with Gasteiger partial charge < -0.3 is 0 Å². The first kappa shape index (κ1) is 15.4. The number of nitrogens with one attached hydrogen (secondary N) is 1. The summed E-state index contributed by atoms with van der Waals surface area (Å²) in [5, 5.41) is 6.73. The first-order valence-corrected chi connectivity index (χ1v) is 9.00. The van der Waals surface area contributed by atoms with Gasteiger partial charge in [0, 0.05) is 11.6 Å². The normalized spacial score (nSPS) is 26.0. The smallest absolute Gasteiger partial charge is 0.244 e. The SMILES string of the molecule is CC(=NNC(=O)Cc1cccc2ccccc12)C1CC2CCC1C2. The standard InChI is InChI=1S/C21H24N2O/c1-14(20-12-15-9-10-18(20)11-15)22-23-21(24)13-17-7-4-6-16-5-2-3-8-19(16)17/h2-8,15,18,20H,9-13H2,1H3,(H,23,24). The van der Waals surface area contributed by atoms with E-state index in [1.54, 1.807) is 0 Å². The largest absolute Gasteiger partial charge is 0.273 e. The quantitative estimate of drug-likeness (QED) is 0.662. The summed E-state index contributed by atoms with van der Waals surface area (Å²) in [6.07, 6.45) is 5.73. The van der Waals surface area contributed by atoms with Crippen LogP contribution in [0, 0.1) is 17.8 Å². The van der Waals surface area contributed by atoms with Gasteiger partial charge in [-0.25, -0.2) is 5.43 Å². The number of rotatable bonds is 4. The predicted octanol–water partition coefficient (Wildman–Crippen LogP) is 4.31. The summed E-state index contributed by atoms with van der Waals surface area (Å²) in [7, 11) is 0. The second kappa shape index (κ2) is 6.39. The lowest BCUT2D eigenvalue weighted by atomic mass is 9.86. The Morgan fingerprint density at radius 2 is 1.96 bits per heavy atom. The Labute approximate surface area is 143 Å². The molecule has 1 N–H and O–H groups in total. The molecular formula is C21H24N2O. The number of benzene rings is 2. The number of hydrazone groups is 1. The van der Waals surface area contributed by atoms with E-state index in [-0.39, 0.29) is 5.91 Å². The van der Waals surface area contributed by atoms with Crippen LogP contribution in [0.25, 0.3) is 10.8 Å². The average Bonchev–Trinajstić information content (AvgIpc) is 3.23. The van der Waals surface area contributed by atoms with Crippen molar-refractivity contribution in [3.63, 3.8) is 0 Å². The molecule has 3 atom stereocenters. The van der Waals surface area contributed by atoms with Crippen molar-refractivity contribution in [1.82, 2.24) is 5.43 Å². The zero-order valence-electron chi connectivity index (χ0n) is 14.2. The highest BCUT2D eigenvalue weighted by Crippen LogP contribution is 2.48. The number of carbonyl (C=O) groups excluding carboxylic acids is 1. The second-order valence-corrected chi connectivity index (χ2v) is 7.38. The minimum Gasteiger partial charge on any atom is -0.273 e. The van der Waals surface area contributed by atoms with Gasteiger partial charge in [-0.2, -0.15) is 5.10 Å². The Morgan fingerprint density at radius 1 is 1.12 bits per heavy atom. The molecule has 4 rings (SSSR count). The van der Waals surface area contributed by atoms with E-state index in [9.17, 15) is 4.79 Å². The number of fused-ring (bicyclic) bond motifs is 3. The number of hydrogen-bond donors (Lipinski definition) is 1. The van der Waals surface area contributed by atoms with Crippen LogP contribution in [0.2, 0.25) is 0 Å². The van der Waals surface area contributed by atoms with Crippen LogP contribution in [-0.4, -0.2) is 11.6 Å². The molecule has 24 heavy (non-hydrogen) atoms. The van der Waals surface area contributed by atoms with Crippen LogP contribution in [0.3, 0.4) is 0 Å². The highest BCUT2D eigenvalue weighted by Gasteiger charge is 2.40. The van der Waals surface area contributed by atoms with Gasteiger partial charge >= 0.3 is 0 Å². The minimum atomic E-state index is -0.0335. The lowest BCUT2D eigenvalue weighted by Crippen LogP contribution is -2.25. The zero-order valence-corrected chi connectivity index (χ0v) is 14.2. The monoisotopic (exact) mass is 320 g/mol. The molecule has 0 spiro atoms. The van der Waals surface area contributed by atoms with Crippen molar-refractivity contribution in [2.75, 3.05) is 0 Å². The predicted molar refractivity (Wildman–Crippen MR) is 97.8 cm³/mol. The van der Waals surface area contributed by atoms with Crippen molar-refractivity contribution in [2.45, 2.75) is 39.0 Å². The molecular weight excluding hydrogens is 296 g/mol. The molecule has 2 fully saturated rings. The first-order valence-electron chi connectivity index (χ1n) is 9.00. The van der Waals surface area contributed by atoms with Crippen molar-refractivity contribution < 1.29 is 4.79 Å². The lowest BCUT2D eigenvalue weighted by Gasteiger charge is -2.21. The molecule has 2 aromatic rings. The second-order valence-electron chi connectivity index (χ2n) is 7.38. The topological polar surface area (TPSA) is 41.5 Å². The highest BCUT2D eigenvalue weighted by atomic mass is 16.2. The van der Waals surface area contributed by atoms with Crippen molar-refractivity contribution in [3.8, 4) is 0 Å². The summed E-state index contributed by atoms with van der Waals surface area (Å²) in [5.74, 6) is 2.25. The van der Waals surface area contributed by atoms with E-state index in [1.165, 1.54) is 31.1 Å². The molecule has 3 heteroatoms. The third-order valence-electron chi connectivity index (χ3n) is 5.86. The fourth-order valence-electron chi connectivity index (χ4n) is 4.65. The number of carbonyl (C=O) groups is 1. The molecule has 0 aliphatic heterocycles. The zero-order chi connectivity index (χ0) is 16.5. The van der Waals surface area contributed by atoms with E-state index in [0.717, 1.165) is 28.5 Å². The Kier molecular flexibility index (Phi) is 4.09. The number of hydrogen-bond acceptors (Lipinski definition) is 2. The summed E-state index contributed by atoms with van der Waals surface area (Å²) >= 11 is 0. The van der Waals surface area contributed by atoms with E-state index in [1.807, 2.05) is 24.3 Å². The molecule has 0 radical (unpaired) electrons. The summed E-state index contributed by atoms with van der Waals surface area (Å²) in [6, 6.07) is 14.3. The van der Waals surface area contributed by atoms with E-state index in [2.05, 4.69) is 35.7 Å². The minimum absolute atomic E-state index is 0.0335. The molecule has 2 bridgehead atoms. The third kappa shape index (κ3) is 2.95.